The number of hydrogen-bond donors (Lipinski definition) is 1. The summed E-state index contributed by atoms with van der Waals surface area (Å²) in [5.41, 5.74) is 0.294. The van der Waals surface area contributed by atoms with Crippen molar-refractivity contribution in [1.82, 2.24) is 0 Å². The Hall–Kier alpha value is -0.670. The molecule has 1 unspecified atom stereocenters. The Balaban J connectivity index is 3.04. The molecule has 0 spiro atoms. The Kier molecular flexibility index (Phi) is 3.63. The molecule has 0 aliphatic heterocycles. The molecule has 0 fully saturated rings. The van der Waals surface area contributed by atoms with Crippen molar-refractivity contribution in [3.05, 3.63) is 46.7 Å². The van der Waals surface area contributed by atoms with Crippen molar-refractivity contribution in [1.29, 1.82) is 0 Å². The summed E-state index contributed by atoms with van der Waals surface area (Å²) < 4.78 is 13.8. The molecule has 1 aromatic rings. The molecule has 0 saturated heterocycles. The van der Waals surface area contributed by atoms with Crippen molar-refractivity contribution in [3.8, 4) is 0 Å². The highest BCUT2D eigenvalue weighted by Gasteiger charge is 2.14. The Bertz CT molecular complexity index is 292. The molecule has 0 radical (unpaired) electrons. The first-order chi connectivity index (χ1) is 6.16. The highest BCUT2D eigenvalue weighted by molar-refractivity contribution is 9.10. The molecular weight excluding hydrogens is 235 g/mol. The second kappa shape index (κ2) is 4.53. The zero-order valence-corrected chi connectivity index (χ0v) is 8.59. The van der Waals surface area contributed by atoms with Crippen LogP contribution in [0.4, 0.5) is 4.39 Å². The minimum absolute atomic E-state index is 0.294. The Morgan fingerprint density at radius 1 is 1.62 bits per heavy atom. The fourth-order valence-corrected chi connectivity index (χ4v) is 1.71. The second-order valence-electron chi connectivity index (χ2n) is 2.68. The maximum absolute atomic E-state index is 13.2. The summed E-state index contributed by atoms with van der Waals surface area (Å²) >= 11 is 3.18. The summed E-state index contributed by atoms with van der Waals surface area (Å²) in [6.45, 7) is 3.49. The molecule has 1 aromatic carbocycles. The van der Waals surface area contributed by atoms with E-state index < -0.39 is 11.9 Å². The van der Waals surface area contributed by atoms with Crippen molar-refractivity contribution in [2.45, 2.75) is 12.5 Å². The van der Waals surface area contributed by atoms with Gasteiger partial charge in [0.2, 0.25) is 0 Å². The van der Waals surface area contributed by atoms with Crippen LogP contribution in [-0.2, 0) is 0 Å². The van der Waals surface area contributed by atoms with Gasteiger partial charge in [-0.15, -0.1) is 6.58 Å². The average molecular weight is 245 g/mol. The van der Waals surface area contributed by atoms with Crippen molar-refractivity contribution in [2.24, 2.45) is 0 Å². The second-order valence-corrected chi connectivity index (χ2v) is 3.53. The molecule has 0 amide bonds. The maximum atomic E-state index is 13.2. The van der Waals surface area contributed by atoms with Gasteiger partial charge in [0.15, 0.2) is 0 Å². The van der Waals surface area contributed by atoms with Crippen molar-refractivity contribution >= 4 is 15.9 Å². The fourth-order valence-electron chi connectivity index (χ4n) is 1.10. The number of aliphatic hydroxyl groups excluding tert-OH is 1. The zero-order chi connectivity index (χ0) is 9.84. The standard InChI is InChI=1S/C10H10BrFO/c1-2-4-9(13)10-7(11)5-3-6-8(10)12/h2-3,5-6,9,13H,1,4H2. The van der Waals surface area contributed by atoms with Crippen molar-refractivity contribution in [2.75, 3.05) is 0 Å². The van der Waals surface area contributed by atoms with Gasteiger partial charge in [-0.3, -0.25) is 0 Å². The molecule has 70 valence electrons. The van der Waals surface area contributed by atoms with Gasteiger partial charge < -0.3 is 5.11 Å². The van der Waals surface area contributed by atoms with Crippen LogP contribution in [0.25, 0.3) is 0 Å². The molecule has 1 atom stereocenters. The SMILES string of the molecule is C=CCC(O)c1c(F)cccc1Br. The quantitative estimate of drug-likeness (QED) is 0.810. The Morgan fingerprint density at radius 3 is 2.85 bits per heavy atom. The lowest BCUT2D eigenvalue weighted by Gasteiger charge is -2.11. The largest absolute Gasteiger partial charge is 0.388 e. The molecule has 3 heteroatoms. The van der Waals surface area contributed by atoms with E-state index in [9.17, 15) is 9.50 Å². The van der Waals surface area contributed by atoms with E-state index in [0.717, 1.165) is 0 Å². The van der Waals surface area contributed by atoms with E-state index in [0.29, 0.717) is 16.5 Å². The maximum Gasteiger partial charge on any atom is 0.130 e. The summed E-state index contributed by atoms with van der Waals surface area (Å²) in [7, 11) is 0. The van der Waals surface area contributed by atoms with Crippen LogP contribution in [0.15, 0.2) is 35.3 Å². The molecular formula is C10H10BrFO. The minimum Gasteiger partial charge on any atom is -0.388 e. The highest BCUT2D eigenvalue weighted by Crippen LogP contribution is 2.28. The fraction of sp³-hybridized carbons (Fsp3) is 0.200. The first-order valence-electron chi connectivity index (χ1n) is 3.89. The third-order valence-corrected chi connectivity index (χ3v) is 2.41. The number of rotatable bonds is 3. The van der Waals surface area contributed by atoms with E-state index in [1.807, 2.05) is 0 Å². The molecule has 0 aromatic heterocycles. The predicted molar refractivity (Wildman–Crippen MR) is 53.9 cm³/mol. The lowest BCUT2D eigenvalue weighted by Crippen LogP contribution is -2.00. The number of aliphatic hydroxyl groups is 1. The molecule has 0 heterocycles. The number of benzene rings is 1. The van der Waals surface area contributed by atoms with Gasteiger partial charge in [-0.05, 0) is 18.6 Å². The number of halogens is 2. The van der Waals surface area contributed by atoms with Crippen molar-refractivity contribution < 1.29 is 9.50 Å². The lowest BCUT2D eigenvalue weighted by atomic mass is 10.1. The topological polar surface area (TPSA) is 20.2 Å². The molecule has 1 N–H and O–H groups in total. The van der Waals surface area contributed by atoms with Gasteiger partial charge in [0.05, 0.1) is 6.10 Å². The summed E-state index contributed by atoms with van der Waals surface area (Å²) in [6.07, 6.45) is 1.08. The van der Waals surface area contributed by atoms with E-state index in [2.05, 4.69) is 22.5 Å². The Morgan fingerprint density at radius 2 is 2.31 bits per heavy atom. The van der Waals surface area contributed by atoms with Crippen LogP contribution in [0.3, 0.4) is 0 Å². The van der Waals surface area contributed by atoms with Crippen LogP contribution in [0, 0.1) is 5.82 Å². The van der Waals surface area contributed by atoms with Crippen LogP contribution in [-0.4, -0.2) is 5.11 Å². The molecule has 0 bridgehead atoms. The van der Waals surface area contributed by atoms with Gasteiger partial charge in [-0.25, -0.2) is 4.39 Å². The van der Waals surface area contributed by atoms with Gasteiger partial charge in [-0.2, -0.15) is 0 Å². The van der Waals surface area contributed by atoms with E-state index >= 15 is 0 Å². The van der Waals surface area contributed by atoms with E-state index in [1.165, 1.54) is 6.07 Å². The van der Waals surface area contributed by atoms with Crippen LogP contribution >= 0.6 is 15.9 Å². The predicted octanol–water partition coefficient (Wildman–Crippen LogP) is 3.20. The molecule has 0 aliphatic rings. The van der Waals surface area contributed by atoms with Crippen LogP contribution < -0.4 is 0 Å². The smallest absolute Gasteiger partial charge is 0.130 e. The summed E-state index contributed by atoms with van der Waals surface area (Å²) in [5.74, 6) is -0.399. The van der Waals surface area contributed by atoms with Gasteiger partial charge in [0.25, 0.3) is 0 Å². The summed E-state index contributed by atoms with van der Waals surface area (Å²) in [4.78, 5) is 0. The summed E-state index contributed by atoms with van der Waals surface area (Å²) in [6, 6.07) is 4.61. The lowest BCUT2D eigenvalue weighted by molar-refractivity contribution is 0.176. The van der Waals surface area contributed by atoms with Gasteiger partial charge in [0.1, 0.15) is 5.82 Å². The van der Waals surface area contributed by atoms with Crippen LogP contribution in [0.2, 0.25) is 0 Å². The zero-order valence-electron chi connectivity index (χ0n) is 7.00. The van der Waals surface area contributed by atoms with Gasteiger partial charge in [-0.1, -0.05) is 28.1 Å². The van der Waals surface area contributed by atoms with E-state index in [-0.39, 0.29) is 0 Å². The van der Waals surface area contributed by atoms with Gasteiger partial charge in [0, 0.05) is 10.0 Å². The first-order valence-corrected chi connectivity index (χ1v) is 4.69. The first kappa shape index (κ1) is 10.4. The van der Waals surface area contributed by atoms with Crippen LogP contribution in [0.1, 0.15) is 18.1 Å². The monoisotopic (exact) mass is 244 g/mol. The summed E-state index contributed by atoms with van der Waals surface area (Å²) in [5, 5.41) is 9.54. The van der Waals surface area contributed by atoms with E-state index in [4.69, 9.17) is 0 Å². The molecule has 0 saturated carbocycles. The average Bonchev–Trinajstić information content (AvgIpc) is 2.04. The molecule has 1 rings (SSSR count). The van der Waals surface area contributed by atoms with Gasteiger partial charge >= 0.3 is 0 Å². The third-order valence-electron chi connectivity index (χ3n) is 1.72. The molecule has 0 aliphatic carbocycles. The van der Waals surface area contributed by atoms with E-state index in [1.54, 1.807) is 18.2 Å². The van der Waals surface area contributed by atoms with Crippen molar-refractivity contribution in [3.63, 3.8) is 0 Å². The number of hydrogen-bond acceptors (Lipinski definition) is 1. The molecule has 1 nitrogen and oxygen atoms in total. The Labute approximate surface area is 85.0 Å². The normalized spacial score (nSPS) is 12.5. The highest BCUT2D eigenvalue weighted by atomic mass is 79.9. The van der Waals surface area contributed by atoms with Crippen LogP contribution in [0.5, 0.6) is 0 Å². The third kappa shape index (κ3) is 2.39. The minimum atomic E-state index is -0.826. The molecule has 13 heavy (non-hydrogen) atoms.